The molecule has 1 saturated carbocycles. The van der Waals surface area contributed by atoms with Gasteiger partial charge in [0.1, 0.15) is 6.10 Å². The van der Waals surface area contributed by atoms with Crippen molar-refractivity contribution in [2.45, 2.75) is 37.2 Å². The average molecular weight is 278 g/mol. The number of hydrogen-bond acceptors (Lipinski definition) is 3. The molecule has 0 aliphatic heterocycles. The van der Waals surface area contributed by atoms with Crippen LogP contribution in [-0.2, 0) is 19.7 Å². The van der Waals surface area contributed by atoms with E-state index in [4.69, 9.17) is 9.47 Å². The molecule has 1 aliphatic rings. The molecule has 0 heterocycles. The Balaban J connectivity index is 2.35. The second-order valence-electron chi connectivity index (χ2n) is 5.40. The first-order valence-electron chi connectivity index (χ1n) is 6.99. The zero-order valence-electron chi connectivity index (χ0n) is 12.1. The van der Waals surface area contributed by atoms with Crippen LogP contribution < -0.4 is 0 Å². The normalized spacial score (nSPS) is 18.9. The predicted molar refractivity (Wildman–Crippen MR) is 75.8 cm³/mol. The third kappa shape index (κ3) is 2.72. The van der Waals surface area contributed by atoms with Crippen molar-refractivity contribution < 1.29 is 19.4 Å². The zero-order chi connectivity index (χ0) is 14.6. The minimum Gasteiger partial charge on any atom is -0.481 e. The number of carboxylic acid groups (broad SMARTS) is 1. The maximum Gasteiger partial charge on any atom is 0.314 e. The van der Waals surface area contributed by atoms with E-state index < -0.39 is 11.4 Å². The molecule has 0 amide bonds. The van der Waals surface area contributed by atoms with Gasteiger partial charge in [0.05, 0.1) is 12.0 Å². The molecule has 0 aromatic heterocycles. The van der Waals surface area contributed by atoms with Crippen molar-refractivity contribution >= 4 is 5.97 Å². The van der Waals surface area contributed by atoms with Gasteiger partial charge in [0.15, 0.2) is 0 Å². The number of carbonyl (C=O) groups is 1. The Morgan fingerprint density at radius 2 is 2.05 bits per heavy atom. The van der Waals surface area contributed by atoms with E-state index in [1.165, 1.54) is 0 Å². The van der Waals surface area contributed by atoms with Gasteiger partial charge in [0, 0.05) is 14.2 Å². The number of hydrogen-bond donors (Lipinski definition) is 1. The summed E-state index contributed by atoms with van der Waals surface area (Å²) in [5, 5.41) is 9.65. The van der Waals surface area contributed by atoms with E-state index in [1.54, 1.807) is 14.2 Å². The first-order valence-corrected chi connectivity index (χ1v) is 6.99. The van der Waals surface area contributed by atoms with Crippen molar-refractivity contribution in [2.75, 3.05) is 20.8 Å². The van der Waals surface area contributed by atoms with Gasteiger partial charge in [-0.1, -0.05) is 37.1 Å². The Morgan fingerprint density at radius 3 is 2.60 bits per heavy atom. The van der Waals surface area contributed by atoms with Crippen LogP contribution in [0.15, 0.2) is 24.3 Å². The monoisotopic (exact) mass is 278 g/mol. The van der Waals surface area contributed by atoms with E-state index in [9.17, 15) is 9.90 Å². The third-order valence-electron chi connectivity index (χ3n) is 4.28. The van der Waals surface area contributed by atoms with Gasteiger partial charge in [-0.2, -0.15) is 0 Å². The maximum absolute atomic E-state index is 11.7. The lowest BCUT2D eigenvalue weighted by atomic mass is 9.78. The molecule has 1 aromatic carbocycles. The molecule has 0 bridgehead atoms. The lowest BCUT2D eigenvalue weighted by Gasteiger charge is -2.26. The van der Waals surface area contributed by atoms with Gasteiger partial charge in [-0.25, -0.2) is 0 Å². The summed E-state index contributed by atoms with van der Waals surface area (Å²) in [6.07, 6.45) is 3.22. The average Bonchev–Trinajstić information content (AvgIpc) is 2.96. The second-order valence-corrected chi connectivity index (χ2v) is 5.40. The molecule has 4 heteroatoms. The Kier molecular flexibility index (Phi) is 4.78. The first kappa shape index (κ1) is 15.0. The summed E-state index contributed by atoms with van der Waals surface area (Å²) < 4.78 is 10.6. The van der Waals surface area contributed by atoms with Crippen LogP contribution in [0.4, 0.5) is 0 Å². The standard InChI is InChI=1S/C16H22O4/c1-19-11-14(20-2)12-6-5-7-13(10-12)16(15(17)18)8-3-4-9-16/h5-7,10,14H,3-4,8-9,11H2,1-2H3,(H,17,18). The molecule has 0 radical (unpaired) electrons. The summed E-state index contributed by atoms with van der Waals surface area (Å²) in [4.78, 5) is 11.7. The van der Waals surface area contributed by atoms with Crippen LogP contribution in [-0.4, -0.2) is 31.9 Å². The van der Waals surface area contributed by atoms with Crippen molar-refractivity contribution in [2.24, 2.45) is 0 Å². The van der Waals surface area contributed by atoms with Gasteiger partial charge in [-0.05, 0) is 24.0 Å². The number of carboxylic acids is 1. The lowest BCUT2D eigenvalue weighted by molar-refractivity contribution is -0.143. The fourth-order valence-electron chi connectivity index (χ4n) is 3.09. The summed E-state index contributed by atoms with van der Waals surface area (Å²) in [5.41, 5.74) is 1.14. The van der Waals surface area contributed by atoms with Gasteiger partial charge in [0.2, 0.25) is 0 Å². The van der Waals surface area contributed by atoms with Gasteiger partial charge in [-0.15, -0.1) is 0 Å². The molecule has 2 rings (SSSR count). The molecule has 1 aromatic rings. The van der Waals surface area contributed by atoms with Crippen LogP contribution in [0.3, 0.4) is 0 Å². The largest absolute Gasteiger partial charge is 0.481 e. The van der Waals surface area contributed by atoms with Gasteiger partial charge in [-0.3, -0.25) is 4.79 Å². The van der Waals surface area contributed by atoms with Crippen molar-refractivity contribution in [1.29, 1.82) is 0 Å². The molecular weight excluding hydrogens is 256 g/mol. The van der Waals surface area contributed by atoms with Crippen LogP contribution in [0.5, 0.6) is 0 Å². The van der Waals surface area contributed by atoms with Crippen LogP contribution in [0.1, 0.15) is 42.9 Å². The lowest BCUT2D eigenvalue weighted by Crippen LogP contribution is -2.32. The zero-order valence-corrected chi connectivity index (χ0v) is 12.1. The highest BCUT2D eigenvalue weighted by Gasteiger charge is 2.43. The number of ether oxygens (including phenoxy) is 2. The van der Waals surface area contributed by atoms with Crippen molar-refractivity contribution in [1.82, 2.24) is 0 Å². The summed E-state index contributed by atoms with van der Waals surface area (Å²) in [6, 6.07) is 7.76. The highest BCUT2D eigenvalue weighted by molar-refractivity contribution is 5.81. The Labute approximate surface area is 119 Å². The molecule has 0 spiro atoms. The topological polar surface area (TPSA) is 55.8 Å². The SMILES string of the molecule is COCC(OC)c1cccc(C2(C(=O)O)CCCC2)c1. The Bertz CT molecular complexity index is 463. The smallest absolute Gasteiger partial charge is 0.314 e. The van der Waals surface area contributed by atoms with Crippen LogP contribution >= 0.6 is 0 Å². The van der Waals surface area contributed by atoms with Crippen molar-refractivity contribution in [3.05, 3.63) is 35.4 Å². The predicted octanol–water partition coefficient (Wildman–Crippen LogP) is 2.92. The fourth-order valence-corrected chi connectivity index (χ4v) is 3.09. The number of methoxy groups -OCH3 is 2. The van der Waals surface area contributed by atoms with Crippen LogP contribution in [0.25, 0.3) is 0 Å². The molecule has 110 valence electrons. The molecule has 1 aliphatic carbocycles. The molecule has 1 N–H and O–H groups in total. The van der Waals surface area contributed by atoms with Crippen LogP contribution in [0, 0.1) is 0 Å². The minimum atomic E-state index is -0.721. The maximum atomic E-state index is 11.7. The van der Waals surface area contributed by atoms with E-state index in [1.807, 2.05) is 24.3 Å². The van der Waals surface area contributed by atoms with Gasteiger partial charge < -0.3 is 14.6 Å². The second kappa shape index (κ2) is 6.37. The third-order valence-corrected chi connectivity index (χ3v) is 4.28. The Morgan fingerprint density at radius 1 is 1.35 bits per heavy atom. The number of benzene rings is 1. The summed E-state index contributed by atoms with van der Waals surface area (Å²) in [7, 11) is 3.27. The molecule has 4 nitrogen and oxygen atoms in total. The highest BCUT2D eigenvalue weighted by atomic mass is 16.5. The summed E-state index contributed by atoms with van der Waals surface area (Å²) >= 11 is 0. The van der Waals surface area contributed by atoms with E-state index in [2.05, 4.69) is 0 Å². The summed E-state index contributed by atoms with van der Waals surface area (Å²) in [6.45, 7) is 0.458. The Hall–Kier alpha value is -1.39. The van der Waals surface area contributed by atoms with Crippen LogP contribution in [0.2, 0.25) is 0 Å². The fraction of sp³-hybridized carbons (Fsp3) is 0.562. The van der Waals surface area contributed by atoms with Crippen molar-refractivity contribution in [3.63, 3.8) is 0 Å². The summed E-state index contributed by atoms with van der Waals surface area (Å²) in [5.74, 6) is -0.715. The molecule has 20 heavy (non-hydrogen) atoms. The molecule has 1 atom stereocenters. The van der Waals surface area contributed by atoms with E-state index in [0.29, 0.717) is 19.4 Å². The van der Waals surface area contributed by atoms with E-state index in [-0.39, 0.29) is 6.10 Å². The molecule has 1 unspecified atom stereocenters. The quantitative estimate of drug-likeness (QED) is 0.869. The van der Waals surface area contributed by atoms with Gasteiger partial charge >= 0.3 is 5.97 Å². The molecular formula is C16H22O4. The first-order chi connectivity index (χ1) is 9.64. The van der Waals surface area contributed by atoms with Crippen molar-refractivity contribution in [3.8, 4) is 0 Å². The molecule has 0 saturated heterocycles. The number of aliphatic carboxylic acids is 1. The number of rotatable bonds is 6. The van der Waals surface area contributed by atoms with E-state index >= 15 is 0 Å². The van der Waals surface area contributed by atoms with Gasteiger partial charge in [0.25, 0.3) is 0 Å². The highest BCUT2D eigenvalue weighted by Crippen LogP contribution is 2.42. The molecule has 1 fully saturated rings. The minimum absolute atomic E-state index is 0.160. The van der Waals surface area contributed by atoms with E-state index in [0.717, 1.165) is 24.0 Å².